The Kier molecular flexibility index (Phi) is 5.50. The van der Waals surface area contributed by atoms with Crippen LogP contribution in [0.15, 0.2) is 24.4 Å². The van der Waals surface area contributed by atoms with Gasteiger partial charge in [-0.2, -0.15) is 5.10 Å². The zero-order chi connectivity index (χ0) is 18.5. The van der Waals surface area contributed by atoms with Crippen LogP contribution in [0, 0.1) is 6.92 Å². The smallest absolute Gasteiger partial charge is 0.314 e. The molecule has 2 heterocycles. The SMILES string of the molecule is COc1nc(C)ccc1CNC(=O)C(=O)Nc1ccnn1C1CCCC1. The monoisotopic (exact) mass is 357 g/mol. The lowest BCUT2D eigenvalue weighted by Crippen LogP contribution is -2.35. The zero-order valence-corrected chi connectivity index (χ0v) is 15.0. The lowest BCUT2D eigenvalue weighted by molar-refractivity contribution is -0.136. The summed E-state index contributed by atoms with van der Waals surface area (Å²) in [6.07, 6.45) is 6.03. The van der Waals surface area contributed by atoms with Crippen LogP contribution >= 0.6 is 0 Å². The van der Waals surface area contributed by atoms with E-state index in [0.717, 1.165) is 31.4 Å². The normalized spacial score (nSPS) is 14.2. The third-order valence-electron chi connectivity index (χ3n) is 4.50. The highest BCUT2D eigenvalue weighted by atomic mass is 16.5. The Bertz CT molecular complexity index is 796. The third-order valence-corrected chi connectivity index (χ3v) is 4.50. The molecule has 8 nitrogen and oxygen atoms in total. The average Bonchev–Trinajstić information content (AvgIpc) is 3.31. The van der Waals surface area contributed by atoms with Crippen molar-refractivity contribution >= 4 is 17.6 Å². The molecule has 2 N–H and O–H groups in total. The number of nitrogens with one attached hydrogen (secondary N) is 2. The molecule has 0 unspecified atom stereocenters. The molecule has 138 valence electrons. The molecule has 8 heteroatoms. The summed E-state index contributed by atoms with van der Waals surface area (Å²) in [4.78, 5) is 28.6. The van der Waals surface area contributed by atoms with Gasteiger partial charge >= 0.3 is 11.8 Å². The number of ether oxygens (including phenoxy) is 1. The van der Waals surface area contributed by atoms with Crippen LogP contribution in [-0.2, 0) is 16.1 Å². The predicted molar refractivity (Wildman–Crippen MR) is 95.7 cm³/mol. The topological polar surface area (TPSA) is 98.1 Å². The van der Waals surface area contributed by atoms with Gasteiger partial charge in [-0.05, 0) is 25.8 Å². The Hall–Kier alpha value is -2.90. The van der Waals surface area contributed by atoms with E-state index in [9.17, 15) is 9.59 Å². The molecule has 26 heavy (non-hydrogen) atoms. The van der Waals surface area contributed by atoms with Crippen LogP contribution in [0.4, 0.5) is 5.82 Å². The van der Waals surface area contributed by atoms with Crippen molar-refractivity contribution in [3.05, 3.63) is 35.7 Å². The fourth-order valence-electron chi connectivity index (χ4n) is 3.15. The summed E-state index contributed by atoms with van der Waals surface area (Å²) in [5.74, 6) is -0.452. The van der Waals surface area contributed by atoms with E-state index in [0.29, 0.717) is 17.3 Å². The molecule has 0 spiro atoms. The number of carbonyl (C=O) groups excluding carboxylic acids is 2. The Labute approximate surface area is 151 Å². The number of methoxy groups -OCH3 is 1. The summed E-state index contributed by atoms with van der Waals surface area (Å²) in [5, 5.41) is 9.52. The molecule has 0 aliphatic heterocycles. The van der Waals surface area contributed by atoms with E-state index < -0.39 is 11.8 Å². The molecular weight excluding hydrogens is 334 g/mol. The highest BCUT2D eigenvalue weighted by Gasteiger charge is 2.22. The van der Waals surface area contributed by atoms with Crippen molar-refractivity contribution < 1.29 is 14.3 Å². The van der Waals surface area contributed by atoms with Crippen LogP contribution in [0.1, 0.15) is 43.0 Å². The van der Waals surface area contributed by atoms with Crippen LogP contribution in [-0.4, -0.2) is 33.7 Å². The number of hydrogen-bond acceptors (Lipinski definition) is 5. The highest BCUT2D eigenvalue weighted by Crippen LogP contribution is 2.31. The molecule has 1 aliphatic rings. The molecule has 3 rings (SSSR count). The minimum atomic E-state index is -0.719. The number of rotatable bonds is 5. The number of amides is 2. The van der Waals surface area contributed by atoms with E-state index in [1.165, 1.54) is 7.11 Å². The number of carbonyl (C=O) groups is 2. The van der Waals surface area contributed by atoms with Crippen LogP contribution in [0.25, 0.3) is 0 Å². The molecule has 1 saturated carbocycles. The lowest BCUT2D eigenvalue weighted by atomic mass is 10.2. The molecule has 2 amide bonds. The summed E-state index contributed by atoms with van der Waals surface area (Å²) in [7, 11) is 1.52. The van der Waals surface area contributed by atoms with Gasteiger partial charge < -0.3 is 15.4 Å². The van der Waals surface area contributed by atoms with Crippen LogP contribution in [0.3, 0.4) is 0 Å². The molecule has 1 aliphatic carbocycles. The maximum atomic E-state index is 12.2. The number of aryl methyl sites for hydroxylation is 1. The molecule has 0 aromatic carbocycles. The van der Waals surface area contributed by atoms with E-state index in [4.69, 9.17) is 4.74 Å². The van der Waals surface area contributed by atoms with Crippen molar-refractivity contribution in [2.24, 2.45) is 0 Å². The van der Waals surface area contributed by atoms with E-state index in [1.807, 2.05) is 19.1 Å². The van der Waals surface area contributed by atoms with Crippen molar-refractivity contribution in [3.8, 4) is 5.88 Å². The fraction of sp³-hybridized carbons (Fsp3) is 0.444. The van der Waals surface area contributed by atoms with Crippen molar-refractivity contribution in [3.63, 3.8) is 0 Å². The van der Waals surface area contributed by atoms with Gasteiger partial charge in [-0.1, -0.05) is 18.9 Å². The minimum absolute atomic E-state index is 0.157. The summed E-state index contributed by atoms with van der Waals surface area (Å²) in [6, 6.07) is 5.63. The van der Waals surface area contributed by atoms with Crippen molar-refractivity contribution in [1.29, 1.82) is 0 Å². The van der Waals surface area contributed by atoms with Gasteiger partial charge in [-0.3, -0.25) is 9.59 Å². The quantitative estimate of drug-likeness (QED) is 0.797. The Balaban J connectivity index is 1.59. The van der Waals surface area contributed by atoms with Gasteiger partial charge in [-0.25, -0.2) is 9.67 Å². The average molecular weight is 357 g/mol. The predicted octanol–water partition coefficient (Wildman–Crippen LogP) is 1.97. The number of hydrogen-bond donors (Lipinski definition) is 2. The number of anilines is 1. The number of aromatic nitrogens is 3. The second-order valence-electron chi connectivity index (χ2n) is 6.36. The maximum Gasteiger partial charge on any atom is 0.314 e. The van der Waals surface area contributed by atoms with Gasteiger partial charge in [0.2, 0.25) is 5.88 Å². The van der Waals surface area contributed by atoms with Crippen LogP contribution < -0.4 is 15.4 Å². The second kappa shape index (κ2) is 7.99. The first-order chi connectivity index (χ1) is 12.6. The van der Waals surface area contributed by atoms with E-state index in [-0.39, 0.29) is 12.6 Å². The second-order valence-corrected chi connectivity index (χ2v) is 6.36. The van der Waals surface area contributed by atoms with Crippen molar-refractivity contribution in [2.45, 2.75) is 45.2 Å². The van der Waals surface area contributed by atoms with Crippen LogP contribution in [0.5, 0.6) is 5.88 Å². The van der Waals surface area contributed by atoms with Crippen molar-refractivity contribution in [2.75, 3.05) is 12.4 Å². The number of pyridine rings is 1. The highest BCUT2D eigenvalue weighted by molar-refractivity contribution is 6.39. The van der Waals surface area contributed by atoms with Gasteiger partial charge in [0.15, 0.2) is 0 Å². The summed E-state index contributed by atoms with van der Waals surface area (Å²) in [5.41, 5.74) is 1.52. The van der Waals surface area contributed by atoms with Gasteiger partial charge in [0, 0.05) is 23.9 Å². The number of nitrogens with zero attached hydrogens (tertiary/aromatic N) is 3. The largest absolute Gasteiger partial charge is 0.481 e. The Morgan fingerprint density at radius 2 is 2.00 bits per heavy atom. The summed E-state index contributed by atoms with van der Waals surface area (Å²) >= 11 is 0. The lowest BCUT2D eigenvalue weighted by Gasteiger charge is -2.14. The molecule has 2 aromatic rings. The zero-order valence-electron chi connectivity index (χ0n) is 15.0. The molecule has 0 atom stereocenters. The van der Waals surface area contributed by atoms with Gasteiger partial charge in [0.05, 0.1) is 19.3 Å². The minimum Gasteiger partial charge on any atom is -0.481 e. The molecule has 1 fully saturated rings. The first-order valence-corrected chi connectivity index (χ1v) is 8.71. The fourth-order valence-corrected chi connectivity index (χ4v) is 3.15. The first kappa shape index (κ1) is 17.9. The third kappa shape index (κ3) is 4.01. The van der Waals surface area contributed by atoms with Crippen molar-refractivity contribution in [1.82, 2.24) is 20.1 Å². The van der Waals surface area contributed by atoms with E-state index in [2.05, 4.69) is 20.7 Å². The first-order valence-electron chi connectivity index (χ1n) is 8.71. The van der Waals surface area contributed by atoms with Gasteiger partial charge in [0.25, 0.3) is 0 Å². The Morgan fingerprint density at radius 1 is 1.23 bits per heavy atom. The Morgan fingerprint density at radius 3 is 2.73 bits per heavy atom. The molecule has 0 bridgehead atoms. The van der Waals surface area contributed by atoms with E-state index in [1.54, 1.807) is 16.9 Å². The summed E-state index contributed by atoms with van der Waals surface area (Å²) in [6.45, 7) is 2.01. The maximum absolute atomic E-state index is 12.2. The van der Waals surface area contributed by atoms with E-state index >= 15 is 0 Å². The standard InChI is InChI=1S/C18H23N5O3/c1-12-7-8-13(18(21-12)26-2)11-19-16(24)17(25)22-15-9-10-20-23(15)14-5-3-4-6-14/h7-10,14H,3-6,11H2,1-2H3,(H,19,24)(H,22,25). The molecular formula is C18H23N5O3. The van der Waals surface area contributed by atoms with Crippen LogP contribution in [0.2, 0.25) is 0 Å². The molecule has 2 aromatic heterocycles. The van der Waals surface area contributed by atoms with Gasteiger partial charge in [0.1, 0.15) is 5.82 Å². The van der Waals surface area contributed by atoms with Gasteiger partial charge in [-0.15, -0.1) is 0 Å². The summed E-state index contributed by atoms with van der Waals surface area (Å²) < 4.78 is 7.00. The molecule has 0 radical (unpaired) electrons. The molecule has 0 saturated heterocycles.